The lowest BCUT2D eigenvalue weighted by Crippen LogP contribution is -2.64. The van der Waals surface area contributed by atoms with Gasteiger partial charge in [0, 0.05) is 12.8 Å². The second-order valence-corrected chi connectivity index (χ2v) is 15.9. The van der Waals surface area contributed by atoms with Crippen molar-refractivity contribution in [1.82, 2.24) is 0 Å². The van der Waals surface area contributed by atoms with Crippen LogP contribution in [0.25, 0.3) is 0 Å². The zero-order valence-corrected chi connectivity index (χ0v) is 33.9. The quantitative estimate of drug-likeness (QED) is 0.0173. The summed E-state index contributed by atoms with van der Waals surface area (Å²) in [5, 5.41) is 49.9. The first-order valence-corrected chi connectivity index (χ1v) is 22.1. The molecule has 316 valence electrons. The van der Waals surface area contributed by atoms with E-state index in [0.717, 1.165) is 64.2 Å². The molecule has 0 amide bonds. The molecule has 0 aliphatic heterocycles. The lowest BCUT2D eigenvalue weighted by molar-refractivity contribution is -0.220. The molecule has 0 spiro atoms. The van der Waals surface area contributed by atoms with Crippen molar-refractivity contribution in [2.75, 3.05) is 13.2 Å². The Balaban J connectivity index is 2.51. The zero-order valence-electron chi connectivity index (χ0n) is 33.0. The van der Waals surface area contributed by atoms with Gasteiger partial charge in [0.1, 0.15) is 43.2 Å². The summed E-state index contributed by atoms with van der Waals surface area (Å²) in [6, 6.07) is 0. The van der Waals surface area contributed by atoms with Gasteiger partial charge < -0.3 is 39.9 Å². The zero-order chi connectivity index (χ0) is 40.0. The van der Waals surface area contributed by atoms with Crippen molar-refractivity contribution in [3.63, 3.8) is 0 Å². The summed E-state index contributed by atoms with van der Waals surface area (Å²) < 4.78 is 33.3. The minimum Gasteiger partial charge on any atom is -0.462 e. The fraction of sp³-hybridized carbons (Fsp3) is 0.850. The number of carbonyl (C=O) groups excluding carboxylic acids is 2. The number of phosphoric acid groups is 1. The molecule has 1 fully saturated rings. The molecule has 0 aromatic carbocycles. The standard InChI is InChI=1S/C40H73O13P/c1-3-5-7-9-11-13-14-15-16-17-18-19-21-23-25-27-29-34(42)52-32(30-50-33(41)28-26-24-22-20-12-10-8-6-4-2)31-51-54(48,49)53-40-38(46)36(44)35(43)37(45)39(40)47/h13-14,16-17,32,35-40,43-47H,3-12,15,18-31H2,1-2H3,(H,48,49)/b14-13-,17-16-. The van der Waals surface area contributed by atoms with Gasteiger partial charge in [-0.25, -0.2) is 4.57 Å². The number of unbranched alkanes of at least 4 members (excludes halogenated alkanes) is 17. The van der Waals surface area contributed by atoms with Crippen LogP contribution in [0.1, 0.15) is 162 Å². The Bertz CT molecular complexity index is 1050. The third-order valence-corrected chi connectivity index (χ3v) is 10.5. The molecule has 0 aromatic heterocycles. The average Bonchev–Trinajstić information content (AvgIpc) is 3.15. The van der Waals surface area contributed by atoms with Crippen molar-refractivity contribution in [3.05, 3.63) is 24.3 Å². The lowest BCUT2D eigenvalue weighted by atomic mass is 9.85. The third kappa shape index (κ3) is 24.1. The Hall–Kier alpha value is -1.67. The largest absolute Gasteiger partial charge is 0.472 e. The molecule has 0 aromatic rings. The number of phosphoric ester groups is 1. The van der Waals surface area contributed by atoms with Gasteiger partial charge in [-0.05, 0) is 44.9 Å². The van der Waals surface area contributed by atoms with Crippen LogP contribution >= 0.6 is 7.82 Å². The molecule has 6 unspecified atom stereocenters. The summed E-state index contributed by atoms with van der Waals surface area (Å²) in [4.78, 5) is 35.4. The molecule has 1 rings (SSSR count). The van der Waals surface area contributed by atoms with Crippen molar-refractivity contribution in [1.29, 1.82) is 0 Å². The molecule has 6 N–H and O–H groups in total. The second-order valence-electron chi connectivity index (χ2n) is 14.5. The van der Waals surface area contributed by atoms with Crippen LogP contribution in [0.15, 0.2) is 24.3 Å². The van der Waals surface area contributed by atoms with Crippen LogP contribution in [0.5, 0.6) is 0 Å². The highest BCUT2D eigenvalue weighted by Gasteiger charge is 2.51. The molecule has 1 saturated carbocycles. The second kappa shape index (κ2) is 31.4. The summed E-state index contributed by atoms with van der Waals surface area (Å²) in [7, 11) is -5.11. The van der Waals surface area contributed by atoms with E-state index in [1.54, 1.807) is 0 Å². The number of allylic oxidation sites excluding steroid dienone is 4. The molecule has 54 heavy (non-hydrogen) atoms. The maximum atomic E-state index is 12.7. The van der Waals surface area contributed by atoms with Crippen LogP contribution < -0.4 is 0 Å². The number of esters is 2. The minimum atomic E-state index is -5.11. The normalized spacial score (nSPS) is 23.5. The maximum Gasteiger partial charge on any atom is 0.472 e. The highest BCUT2D eigenvalue weighted by Crippen LogP contribution is 2.47. The van der Waals surface area contributed by atoms with Crippen molar-refractivity contribution in [2.45, 2.75) is 204 Å². The molecule has 13 nitrogen and oxygen atoms in total. The van der Waals surface area contributed by atoms with E-state index >= 15 is 0 Å². The van der Waals surface area contributed by atoms with E-state index in [0.29, 0.717) is 12.8 Å². The monoisotopic (exact) mass is 792 g/mol. The molecular weight excluding hydrogens is 719 g/mol. The summed E-state index contributed by atoms with van der Waals surface area (Å²) in [6.07, 6.45) is 18.3. The van der Waals surface area contributed by atoms with Gasteiger partial charge >= 0.3 is 19.8 Å². The molecule has 14 heteroatoms. The average molecular weight is 793 g/mol. The molecule has 6 atom stereocenters. The van der Waals surface area contributed by atoms with Gasteiger partial charge in [0.05, 0.1) is 6.61 Å². The van der Waals surface area contributed by atoms with Crippen molar-refractivity contribution >= 4 is 19.8 Å². The number of aliphatic hydroxyl groups is 5. The van der Waals surface area contributed by atoms with Crippen LogP contribution in [-0.4, -0.2) is 98.3 Å². The fourth-order valence-electron chi connectivity index (χ4n) is 6.14. The number of hydrogen-bond acceptors (Lipinski definition) is 12. The van der Waals surface area contributed by atoms with Crippen LogP contribution in [-0.2, 0) is 32.7 Å². The summed E-state index contributed by atoms with van der Waals surface area (Å²) in [5.41, 5.74) is 0. The van der Waals surface area contributed by atoms with Crippen molar-refractivity contribution in [2.24, 2.45) is 0 Å². The molecule has 0 saturated heterocycles. The first-order valence-electron chi connectivity index (χ1n) is 20.6. The Morgan fingerprint density at radius 1 is 0.574 bits per heavy atom. The number of ether oxygens (including phenoxy) is 2. The molecule has 0 bridgehead atoms. The predicted molar refractivity (Wildman–Crippen MR) is 207 cm³/mol. The number of rotatable bonds is 33. The Labute approximate surface area is 324 Å². The minimum absolute atomic E-state index is 0.0828. The number of aliphatic hydroxyl groups excluding tert-OH is 5. The Morgan fingerprint density at radius 2 is 1.00 bits per heavy atom. The molecule has 1 aliphatic carbocycles. The molecule has 0 radical (unpaired) electrons. The molecular formula is C40H73O13P. The van der Waals surface area contributed by atoms with E-state index < -0.39 is 75.7 Å². The van der Waals surface area contributed by atoms with Gasteiger partial charge in [-0.1, -0.05) is 128 Å². The highest BCUT2D eigenvalue weighted by molar-refractivity contribution is 7.47. The van der Waals surface area contributed by atoms with E-state index in [9.17, 15) is 44.6 Å². The van der Waals surface area contributed by atoms with Gasteiger partial charge in [0.2, 0.25) is 0 Å². The van der Waals surface area contributed by atoms with Gasteiger partial charge in [0.25, 0.3) is 0 Å². The van der Waals surface area contributed by atoms with E-state index in [-0.39, 0.29) is 12.8 Å². The number of hydrogen-bond donors (Lipinski definition) is 6. The van der Waals surface area contributed by atoms with E-state index in [2.05, 4.69) is 38.2 Å². The lowest BCUT2D eigenvalue weighted by Gasteiger charge is -2.41. The first-order chi connectivity index (χ1) is 25.9. The van der Waals surface area contributed by atoms with Gasteiger partial charge in [0.15, 0.2) is 6.10 Å². The first kappa shape index (κ1) is 50.3. The highest BCUT2D eigenvalue weighted by atomic mass is 31.2. The van der Waals surface area contributed by atoms with Gasteiger partial charge in [-0.15, -0.1) is 0 Å². The Kier molecular flexibility index (Phi) is 29.3. The smallest absolute Gasteiger partial charge is 0.462 e. The molecule has 1 aliphatic rings. The van der Waals surface area contributed by atoms with Gasteiger partial charge in [-0.2, -0.15) is 0 Å². The van der Waals surface area contributed by atoms with Crippen LogP contribution in [0.3, 0.4) is 0 Å². The van der Waals surface area contributed by atoms with Crippen LogP contribution in [0.2, 0.25) is 0 Å². The fourth-order valence-corrected chi connectivity index (χ4v) is 7.11. The molecule has 0 heterocycles. The van der Waals surface area contributed by atoms with Crippen molar-refractivity contribution < 1.29 is 63.1 Å². The topological polar surface area (TPSA) is 210 Å². The van der Waals surface area contributed by atoms with Crippen molar-refractivity contribution in [3.8, 4) is 0 Å². The SMILES string of the molecule is CCCCCC/C=C\C/C=C\CCCCCCCC(=O)OC(COC(=O)CCCCCCCCCCC)COP(=O)(O)OC1C(O)C(O)C(O)C(O)C1O. The van der Waals surface area contributed by atoms with E-state index in [4.69, 9.17) is 18.5 Å². The Morgan fingerprint density at radius 3 is 1.52 bits per heavy atom. The van der Waals surface area contributed by atoms with Crippen LogP contribution in [0.4, 0.5) is 0 Å². The maximum absolute atomic E-state index is 12.7. The van der Waals surface area contributed by atoms with Crippen LogP contribution in [0, 0.1) is 0 Å². The summed E-state index contributed by atoms with van der Waals surface area (Å²) in [6.45, 7) is 3.22. The number of carbonyl (C=O) groups is 2. The summed E-state index contributed by atoms with van der Waals surface area (Å²) >= 11 is 0. The van der Waals surface area contributed by atoms with Gasteiger partial charge in [-0.3, -0.25) is 18.6 Å². The summed E-state index contributed by atoms with van der Waals surface area (Å²) in [5.74, 6) is -1.12. The predicted octanol–water partition coefficient (Wildman–Crippen LogP) is 6.89. The van der Waals surface area contributed by atoms with E-state index in [1.165, 1.54) is 57.8 Å². The van der Waals surface area contributed by atoms with E-state index in [1.807, 2.05) is 0 Å². The third-order valence-electron chi connectivity index (χ3n) is 9.55.